The Morgan fingerprint density at radius 3 is 2.77 bits per heavy atom. The highest BCUT2D eigenvalue weighted by Gasteiger charge is 2.27. The summed E-state index contributed by atoms with van der Waals surface area (Å²) in [7, 11) is 0. The molecule has 7 heteroatoms. The third-order valence-corrected chi connectivity index (χ3v) is 7.45. The highest BCUT2D eigenvalue weighted by atomic mass is 35.5. The first-order chi connectivity index (χ1) is 16.8. The minimum absolute atomic E-state index is 0.188. The predicted octanol–water partition coefficient (Wildman–Crippen LogP) is 5.94. The summed E-state index contributed by atoms with van der Waals surface area (Å²) in [6.07, 6.45) is 3.28. The SMILES string of the molecule is CCOC(=O)CCc1c(C)cccc1[C@@H](C)OC[C@H](O)CN1CCC[C@H]1Cc1ccc(Cl)c(Cl)c1. The maximum absolute atomic E-state index is 11.9. The van der Waals surface area contributed by atoms with Crippen molar-refractivity contribution in [2.45, 2.75) is 71.1 Å². The number of nitrogens with zero attached hydrogens (tertiary/aromatic N) is 1. The van der Waals surface area contributed by atoms with Crippen molar-refractivity contribution in [3.63, 3.8) is 0 Å². The van der Waals surface area contributed by atoms with E-state index in [1.165, 1.54) is 0 Å². The van der Waals surface area contributed by atoms with E-state index in [2.05, 4.69) is 4.90 Å². The molecular formula is C28H37Cl2NO4. The van der Waals surface area contributed by atoms with E-state index < -0.39 is 6.10 Å². The van der Waals surface area contributed by atoms with Crippen molar-refractivity contribution in [3.05, 3.63) is 68.7 Å². The van der Waals surface area contributed by atoms with Gasteiger partial charge in [-0.3, -0.25) is 9.69 Å². The summed E-state index contributed by atoms with van der Waals surface area (Å²) < 4.78 is 11.2. The quantitative estimate of drug-likeness (QED) is 0.350. The monoisotopic (exact) mass is 521 g/mol. The van der Waals surface area contributed by atoms with Gasteiger partial charge in [0, 0.05) is 19.0 Å². The summed E-state index contributed by atoms with van der Waals surface area (Å²) in [4.78, 5) is 14.2. The number of carbonyl (C=O) groups excluding carboxylic acids is 1. The molecule has 1 aliphatic rings. The third kappa shape index (κ3) is 8.19. The van der Waals surface area contributed by atoms with Crippen LogP contribution in [0.1, 0.15) is 61.5 Å². The Morgan fingerprint density at radius 1 is 1.23 bits per heavy atom. The topological polar surface area (TPSA) is 59.0 Å². The molecule has 1 fully saturated rings. The van der Waals surface area contributed by atoms with Crippen molar-refractivity contribution in [3.8, 4) is 0 Å². The normalized spacial score (nSPS) is 17.9. The van der Waals surface area contributed by atoms with Gasteiger partial charge in [-0.1, -0.05) is 47.5 Å². The van der Waals surface area contributed by atoms with Crippen molar-refractivity contribution in [1.29, 1.82) is 0 Å². The number of β-amino-alcohol motifs (C(OH)–C–C–N with tert-alkyl or cyclic N) is 1. The van der Waals surface area contributed by atoms with Crippen LogP contribution in [0.4, 0.5) is 0 Å². The van der Waals surface area contributed by atoms with E-state index in [1.54, 1.807) is 0 Å². The molecule has 0 bridgehead atoms. The van der Waals surface area contributed by atoms with E-state index >= 15 is 0 Å². The number of likely N-dealkylation sites (tertiary alicyclic amines) is 1. The zero-order valence-electron chi connectivity index (χ0n) is 20.9. The van der Waals surface area contributed by atoms with Crippen LogP contribution >= 0.6 is 23.2 Å². The van der Waals surface area contributed by atoms with E-state index in [-0.39, 0.29) is 18.7 Å². The zero-order valence-corrected chi connectivity index (χ0v) is 22.4. The number of carbonyl (C=O) groups is 1. The summed E-state index contributed by atoms with van der Waals surface area (Å²) in [5, 5.41) is 11.9. The fraction of sp³-hybridized carbons (Fsp3) is 0.536. The number of benzene rings is 2. The van der Waals surface area contributed by atoms with Gasteiger partial charge in [0.05, 0.1) is 35.5 Å². The van der Waals surface area contributed by atoms with Crippen molar-refractivity contribution < 1.29 is 19.4 Å². The number of rotatable bonds is 12. The van der Waals surface area contributed by atoms with Gasteiger partial charge in [-0.15, -0.1) is 0 Å². The molecule has 0 saturated carbocycles. The van der Waals surface area contributed by atoms with Gasteiger partial charge < -0.3 is 14.6 Å². The van der Waals surface area contributed by atoms with Crippen LogP contribution in [-0.4, -0.2) is 54.4 Å². The molecule has 0 aromatic heterocycles. The van der Waals surface area contributed by atoms with E-state index in [1.807, 2.05) is 57.2 Å². The van der Waals surface area contributed by atoms with Crippen LogP contribution in [0.25, 0.3) is 0 Å². The second-order valence-electron chi connectivity index (χ2n) is 9.32. The van der Waals surface area contributed by atoms with E-state index in [4.69, 9.17) is 32.7 Å². The molecule has 1 aliphatic heterocycles. The van der Waals surface area contributed by atoms with Crippen molar-refractivity contribution >= 4 is 29.2 Å². The molecule has 0 radical (unpaired) electrons. The first kappa shape index (κ1) is 27.9. The van der Waals surface area contributed by atoms with Crippen LogP contribution in [-0.2, 0) is 27.1 Å². The van der Waals surface area contributed by atoms with E-state index in [9.17, 15) is 9.90 Å². The Morgan fingerprint density at radius 2 is 2.03 bits per heavy atom. The first-order valence-electron chi connectivity index (χ1n) is 12.5. The highest BCUT2D eigenvalue weighted by molar-refractivity contribution is 6.42. The molecule has 2 aromatic rings. The summed E-state index contributed by atoms with van der Waals surface area (Å²) in [6.45, 7) is 8.04. The van der Waals surface area contributed by atoms with Gasteiger partial charge in [-0.05, 0) is 87.4 Å². The standard InChI is InChI=1S/C28H37Cl2NO4/c1-4-34-28(33)13-11-24-19(2)7-5-9-25(24)20(3)35-18-23(32)17-31-14-6-8-22(31)15-21-10-12-26(29)27(30)16-21/h5,7,9-10,12,16,20,22-23,32H,4,6,8,11,13-15,17-18H2,1-3H3/t20-,22+,23-/m1/s1. The van der Waals surface area contributed by atoms with Gasteiger partial charge in [-0.25, -0.2) is 0 Å². The maximum Gasteiger partial charge on any atom is 0.306 e. The highest BCUT2D eigenvalue weighted by Crippen LogP contribution is 2.28. The van der Waals surface area contributed by atoms with Gasteiger partial charge in [0.25, 0.3) is 0 Å². The Labute approximate surface area is 219 Å². The molecule has 2 aromatic carbocycles. The lowest BCUT2D eigenvalue weighted by atomic mass is 9.95. The number of hydrogen-bond acceptors (Lipinski definition) is 5. The van der Waals surface area contributed by atoms with E-state index in [0.29, 0.717) is 42.1 Å². The summed E-state index contributed by atoms with van der Waals surface area (Å²) in [5.74, 6) is -0.188. The first-order valence-corrected chi connectivity index (χ1v) is 13.3. The Hall–Kier alpha value is -1.63. The fourth-order valence-electron chi connectivity index (χ4n) is 4.88. The van der Waals surface area contributed by atoms with Gasteiger partial charge in [0.1, 0.15) is 0 Å². The molecule has 5 nitrogen and oxygen atoms in total. The molecule has 3 atom stereocenters. The molecule has 1 saturated heterocycles. The Kier molecular flexibility index (Phi) is 10.9. The molecule has 192 valence electrons. The Bertz CT molecular complexity index is 983. The van der Waals surface area contributed by atoms with Gasteiger partial charge in [0.2, 0.25) is 0 Å². The molecule has 0 aliphatic carbocycles. The van der Waals surface area contributed by atoms with Crippen LogP contribution in [0.5, 0.6) is 0 Å². The smallest absolute Gasteiger partial charge is 0.306 e. The molecule has 35 heavy (non-hydrogen) atoms. The summed E-state index contributed by atoms with van der Waals surface area (Å²) >= 11 is 12.2. The second-order valence-corrected chi connectivity index (χ2v) is 10.1. The molecule has 0 unspecified atom stereocenters. The molecule has 0 spiro atoms. The van der Waals surface area contributed by atoms with Crippen molar-refractivity contribution in [2.75, 3.05) is 26.3 Å². The number of aliphatic hydroxyl groups excluding tert-OH is 1. The molecule has 3 rings (SSSR count). The van der Waals surface area contributed by atoms with Crippen molar-refractivity contribution in [2.24, 2.45) is 0 Å². The van der Waals surface area contributed by atoms with E-state index in [0.717, 1.165) is 48.1 Å². The third-order valence-electron chi connectivity index (χ3n) is 6.71. The molecular weight excluding hydrogens is 485 g/mol. The van der Waals surface area contributed by atoms with Crippen LogP contribution in [0.15, 0.2) is 36.4 Å². The minimum atomic E-state index is -0.584. The lowest BCUT2D eigenvalue weighted by molar-refractivity contribution is -0.143. The molecule has 0 amide bonds. The number of halogens is 2. The second kappa shape index (κ2) is 13.6. The maximum atomic E-state index is 11.9. The van der Waals surface area contributed by atoms with Gasteiger partial charge >= 0.3 is 5.97 Å². The minimum Gasteiger partial charge on any atom is -0.466 e. The largest absolute Gasteiger partial charge is 0.466 e. The number of hydrogen-bond donors (Lipinski definition) is 1. The average molecular weight is 523 g/mol. The number of aryl methyl sites for hydroxylation is 1. The fourth-order valence-corrected chi connectivity index (χ4v) is 5.20. The molecule has 1 N–H and O–H groups in total. The number of ether oxygens (including phenoxy) is 2. The Balaban J connectivity index is 1.53. The number of esters is 1. The predicted molar refractivity (Wildman–Crippen MR) is 141 cm³/mol. The lowest BCUT2D eigenvalue weighted by Gasteiger charge is -2.28. The van der Waals surface area contributed by atoms with Crippen LogP contribution in [0, 0.1) is 6.92 Å². The van der Waals surface area contributed by atoms with Gasteiger partial charge in [-0.2, -0.15) is 0 Å². The summed E-state index contributed by atoms with van der Waals surface area (Å²) in [5.41, 5.74) is 4.46. The van der Waals surface area contributed by atoms with Gasteiger partial charge in [0.15, 0.2) is 0 Å². The number of aliphatic hydroxyl groups is 1. The summed E-state index contributed by atoms with van der Waals surface area (Å²) in [6, 6.07) is 12.3. The lowest BCUT2D eigenvalue weighted by Crippen LogP contribution is -2.39. The van der Waals surface area contributed by atoms with Crippen LogP contribution in [0.3, 0.4) is 0 Å². The average Bonchev–Trinajstić information content (AvgIpc) is 3.25. The van der Waals surface area contributed by atoms with Crippen LogP contribution in [0.2, 0.25) is 10.0 Å². The zero-order chi connectivity index (χ0) is 25.4. The molecule has 1 heterocycles. The van der Waals surface area contributed by atoms with Crippen LogP contribution < -0.4 is 0 Å². The van der Waals surface area contributed by atoms with Crippen molar-refractivity contribution in [1.82, 2.24) is 4.90 Å².